The van der Waals surface area contributed by atoms with Crippen LogP contribution in [0.1, 0.15) is 25.5 Å². The quantitative estimate of drug-likeness (QED) is 0.815. The number of nitrogens with zero attached hydrogens (tertiary/aromatic N) is 1. The monoisotopic (exact) mass is 265 g/mol. The Bertz CT molecular complexity index is 401. The standard InChI is InChI=1S/C13H19N3OS/c1-9(10-4-6-17-7-5-10)16-11-2-3-12(13(14)18)15-8-11/h2-3,8-10,16H,4-7H2,1H3,(H2,14,18). The molecule has 0 radical (unpaired) electrons. The van der Waals surface area contributed by atoms with Crippen molar-refractivity contribution >= 4 is 22.9 Å². The third-order valence-electron chi connectivity index (χ3n) is 3.38. The summed E-state index contributed by atoms with van der Waals surface area (Å²) in [6.07, 6.45) is 4.02. The van der Waals surface area contributed by atoms with Crippen LogP contribution in [0.3, 0.4) is 0 Å². The molecule has 1 unspecified atom stereocenters. The minimum absolute atomic E-state index is 0.332. The highest BCUT2D eigenvalue weighted by molar-refractivity contribution is 7.80. The van der Waals surface area contributed by atoms with Gasteiger partial charge in [0.05, 0.1) is 17.6 Å². The van der Waals surface area contributed by atoms with E-state index in [0.29, 0.717) is 22.6 Å². The van der Waals surface area contributed by atoms with Crippen LogP contribution in [0.5, 0.6) is 0 Å². The van der Waals surface area contributed by atoms with Gasteiger partial charge in [-0.05, 0) is 37.8 Å². The van der Waals surface area contributed by atoms with Crippen LogP contribution in [0.25, 0.3) is 0 Å². The number of pyridine rings is 1. The molecule has 18 heavy (non-hydrogen) atoms. The number of aromatic nitrogens is 1. The number of nitrogens with two attached hydrogens (primary N) is 1. The second kappa shape index (κ2) is 6.11. The van der Waals surface area contributed by atoms with E-state index in [1.165, 1.54) is 0 Å². The Morgan fingerprint density at radius 3 is 2.78 bits per heavy atom. The number of hydrogen-bond acceptors (Lipinski definition) is 4. The van der Waals surface area contributed by atoms with Gasteiger partial charge in [-0.1, -0.05) is 12.2 Å². The van der Waals surface area contributed by atoms with E-state index in [1.54, 1.807) is 6.20 Å². The van der Waals surface area contributed by atoms with E-state index in [0.717, 1.165) is 31.7 Å². The lowest BCUT2D eigenvalue weighted by Gasteiger charge is -2.29. The van der Waals surface area contributed by atoms with E-state index in [1.807, 2.05) is 12.1 Å². The minimum Gasteiger partial charge on any atom is -0.388 e. The summed E-state index contributed by atoms with van der Waals surface area (Å²) in [7, 11) is 0. The van der Waals surface area contributed by atoms with Gasteiger partial charge in [-0.25, -0.2) is 0 Å². The van der Waals surface area contributed by atoms with E-state index in [4.69, 9.17) is 22.7 Å². The lowest BCUT2D eigenvalue weighted by atomic mass is 9.93. The summed E-state index contributed by atoms with van der Waals surface area (Å²) in [5, 5.41) is 3.48. The summed E-state index contributed by atoms with van der Waals surface area (Å²) in [6, 6.07) is 4.24. The largest absolute Gasteiger partial charge is 0.388 e. The van der Waals surface area contributed by atoms with Crippen LogP contribution in [0.2, 0.25) is 0 Å². The highest BCUT2D eigenvalue weighted by atomic mass is 32.1. The topological polar surface area (TPSA) is 60.2 Å². The van der Waals surface area contributed by atoms with Crippen molar-refractivity contribution in [3.05, 3.63) is 24.0 Å². The maximum atomic E-state index is 5.52. The van der Waals surface area contributed by atoms with E-state index < -0.39 is 0 Å². The van der Waals surface area contributed by atoms with Crippen LogP contribution in [-0.2, 0) is 4.74 Å². The number of hydrogen-bond donors (Lipinski definition) is 2. The molecule has 2 rings (SSSR count). The molecule has 0 saturated carbocycles. The number of ether oxygens (including phenoxy) is 1. The molecule has 4 nitrogen and oxygen atoms in total. The fourth-order valence-corrected chi connectivity index (χ4v) is 2.34. The zero-order valence-electron chi connectivity index (χ0n) is 10.6. The molecule has 3 N–H and O–H groups in total. The van der Waals surface area contributed by atoms with Crippen LogP contribution in [0, 0.1) is 5.92 Å². The molecular formula is C13H19N3OS. The molecule has 98 valence electrons. The number of thiocarbonyl (C=S) groups is 1. The van der Waals surface area contributed by atoms with Crippen molar-refractivity contribution in [3.8, 4) is 0 Å². The zero-order chi connectivity index (χ0) is 13.0. The SMILES string of the molecule is CC(Nc1ccc(C(N)=S)nc1)C1CCOCC1. The molecule has 0 aromatic carbocycles. The lowest BCUT2D eigenvalue weighted by Crippen LogP contribution is -2.31. The predicted molar refractivity (Wildman–Crippen MR) is 76.8 cm³/mol. The maximum absolute atomic E-state index is 5.52. The first-order chi connectivity index (χ1) is 8.66. The summed E-state index contributed by atoms with van der Waals surface area (Å²) < 4.78 is 5.37. The summed E-state index contributed by atoms with van der Waals surface area (Å²) in [5.74, 6) is 0.661. The molecule has 1 aliphatic heterocycles. The molecule has 1 atom stereocenters. The first-order valence-corrected chi connectivity index (χ1v) is 6.68. The Labute approximate surface area is 113 Å². The van der Waals surface area contributed by atoms with E-state index in [-0.39, 0.29) is 0 Å². The van der Waals surface area contributed by atoms with Gasteiger partial charge in [0.1, 0.15) is 4.99 Å². The van der Waals surface area contributed by atoms with Crippen LogP contribution < -0.4 is 11.1 Å². The second-order valence-corrected chi connectivity index (χ2v) is 5.12. The fourth-order valence-electron chi connectivity index (χ4n) is 2.22. The summed E-state index contributed by atoms with van der Waals surface area (Å²) >= 11 is 4.88. The van der Waals surface area contributed by atoms with Crippen molar-refractivity contribution in [2.75, 3.05) is 18.5 Å². The highest BCUT2D eigenvalue weighted by Crippen LogP contribution is 2.21. The van der Waals surface area contributed by atoms with Gasteiger partial charge in [-0.3, -0.25) is 4.98 Å². The molecule has 1 aromatic heterocycles. The Balaban J connectivity index is 1.93. The first kappa shape index (κ1) is 13.2. The molecule has 1 aromatic rings. The average Bonchev–Trinajstić information content (AvgIpc) is 2.40. The molecule has 0 bridgehead atoms. The highest BCUT2D eigenvalue weighted by Gasteiger charge is 2.20. The molecular weight excluding hydrogens is 246 g/mol. The van der Waals surface area contributed by atoms with Crippen molar-refractivity contribution in [3.63, 3.8) is 0 Å². The van der Waals surface area contributed by atoms with Gasteiger partial charge in [0.2, 0.25) is 0 Å². The average molecular weight is 265 g/mol. The lowest BCUT2D eigenvalue weighted by molar-refractivity contribution is 0.0622. The third-order valence-corrected chi connectivity index (χ3v) is 3.59. The predicted octanol–water partition coefficient (Wildman–Crippen LogP) is 1.94. The Kier molecular flexibility index (Phi) is 4.49. The van der Waals surface area contributed by atoms with Crippen molar-refractivity contribution in [2.45, 2.75) is 25.8 Å². The van der Waals surface area contributed by atoms with Gasteiger partial charge in [0.25, 0.3) is 0 Å². The van der Waals surface area contributed by atoms with Gasteiger partial charge in [0.15, 0.2) is 0 Å². The van der Waals surface area contributed by atoms with Crippen LogP contribution >= 0.6 is 12.2 Å². The van der Waals surface area contributed by atoms with E-state index >= 15 is 0 Å². The molecule has 1 aliphatic rings. The summed E-state index contributed by atoms with van der Waals surface area (Å²) in [5.41, 5.74) is 7.19. The van der Waals surface area contributed by atoms with Crippen molar-refractivity contribution < 1.29 is 4.74 Å². The van der Waals surface area contributed by atoms with Crippen LogP contribution in [-0.4, -0.2) is 29.2 Å². The van der Waals surface area contributed by atoms with Crippen LogP contribution in [0.15, 0.2) is 18.3 Å². The summed E-state index contributed by atoms with van der Waals surface area (Å²) in [6.45, 7) is 3.95. The van der Waals surface area contributed by atoms with Crippen molar-refractivity contribution in [1.29, 1.82) is 0 Å². The normalized spacial score (nSPS) is 18.3. The number of anilines is 1. The number of rotatable bonds is 4. The van der Waals surface area contributed by atoms with Crippen molar-refractivity contribution in [2.24, 2.45) is 11.7 Å². The van der Waals surface area contributed by atoms with Gasteiger partial charge in [-0.15, -0.1) is 0 Å². The third kappa shape index (κ3) is 3.40. The molecule has 1 saturated heterocycles. The molecule has 1 fully saturated rings. The fraction of sp³-hybridized carbons (Fsp3) is 0.538. The first-order valence-electron chi connectivity index (χ1n) is 6.27. The van der Waals surface area contributed by atoms with Crippen molar-refractivity contribution in [1.82, 2.24) is 4.98 Å². The minimum atomic E-state index is 0.332. The van der Waals surface area contributed by atoms with E-state index in [9.17, 15) is 0 Å². The van der Waals surface area contributed by atoms with Crippen LogP contribution in [0.4, 0.5) is 5.69 Å². The molecule has 0 amide bonds. The van der Waals surface area contributed by atoms with Gasteiger partial charge < -0.3 is 15.8 Å². The molecule has 0 spiro atoms. The smallest absolute Gasteiger partial charge is 0.122 e. The Morgan fingerprint density at radius 2 is 2.22 bits per heavy atom. The zero-order valence-corrected chi connectivity index (χ0v) is 11.4. The second-order valence-electron chi connectivity index (χ2n) is 4.68. The van der Waals surface area contributed by atoms with Gasteiger partial charge in [-0.2, -0.15) is 0 Å². The molecule has 2 heterocycles. The van der Waals surface area contributed by atoms with Gasteiger partial charge in [0, 0.05) is 19.3 Å². The number of nitrogens with one attached hydrogen (secondary N) is 1. The molecule has 0 aliphatic carbocycles. The Morgan fingerprint density at radius 1 is 1.50 bits per heavy atom. The van der Waals surface area contributed by atoms with Gasteiger partial charge >= 0.3 is 0 Å². The maximum Gasteiger partial charge on any atom is 0.122 e. The Hall–Kier alpha value is -1.20. The molecule has 5 heteroatoms. The summed E-state index contributed by atoms with van der Waals surface area (Å²) in [4.78, 5) is 4.56. The van der Waals surface area contributed by atoms with E-state index in [2.05, 4.69) is 17.2 Å².